The maximum absolute atomic E-state index is 12.2. The number of hydrogen-bond acceptors (Lipinski definition) is 2. The molecule has 1 unspecified atom stereocenters. The molecule has 0 bridgehead atoms. The van der Waals surface area contributed by atoms with Crippen LogP contribution in [-0.4, -0.2) is 15.3 Å². The van der Waals surface area contributed by atoms with E-state index < -0.39 is 16.8 Å². The molecule has 0 spiro atoms. The SMILES string of the molecule is O=C(O)c1ccc(S(=O)Cc2ccc(Br)cc2Cl)cc1. The molecule has 0 aliphatic rings. The summed E-state index contributed by atoms with van der Waals surface area (Å²) >= 11 is 9.40. The maximum Gasteiger partial charge on any atom is 0.335 e. The van der Waals surface area contributed by atoms with Crippen LogP contribution >= 0.6 is 27.5 Å². The second kappa shape index (κ2) is 6.52. The number of carboxylic acid groups (broad SMARTS) is 1. The Labute approximate surface area is 132 Å². The van der Waals surface area contributed by atoms with E-state index in [2.05, 4.69) is 15.9 Å². The third-order valence-electron chi connectivity index (χ3n) is 2.67. The van der Waals surface area contributed by atoms with Crippen LogP contribution in [0.3, 0.4) is 0 Å². The molecule has 20 heavy (non-hydrogen) atoms. The average molecular weight is 374 g/mol. The third kappa shape index (κ3) is 3.69. The first kappa shape index (κ1) is 15.2. The third-order valence-corrected chi connectivity index (χ3v) is 4.88. The summed E-state index contributed by atoms with van der Waals surface area (Å²) in [7, 11) is -1.27. The van der Waals surface area contributed by atoms with Crippen molar-refractivity contribution in [2.75, 3.05) is 0 Å². The van der Waals surface area contributed by atoms with Gasteiger partial charge in [-0.25, -0.2) is 4.79 Å². The van der Waals surface area contributed by atoms with E-state index in [0.29, 0.717) is 15.7 Å². The van der Waals surface area contributed by atoms with Crippen LogP contribution in [0.4, 0.5) is 0 Å². The van der Waals surface area contributed by atoms with Gasteiger partial charge in [0.25, 0.3) is 0 Å². The summed E-state index contributed by atoms with van der Waals surface area (Å²) in [5, 5.41) is 9.36. The van der Waals surface area contributed by atoms with Crippen molar-refractivity contribution in [2.45, 2.75) is 10.6 Å². The van der Waals surface area contributed by atoms with Crippen LogP contribution in [0, 0.1) is 0 Å². The smallest absolute Gasteiger partial charge is 0.335 e. The molecule has 104 valence electrons. The summed E-state index contributed by atoms with van der Waals surface area (Å²) in [5.41, 5.74) is 0.961. The summed E-state index contributed by atoms with van der Waals surface area (Å²) in [4.78, 5) is 11.3. The van der Waals surface area contributed by atoms with E-state index in [1.165, 1.54) is 12.1 Å². The Morgan fingerprint density at radius 1 is 1.20 bits per heavy atom. The number of aromatic carboxylic acids is 1. The summed E-state index contributed by atoms with van der Waals surface area (Å²) in [6.07, 6.45) is 0. The van der Waals surface area contributed by atoms with Gasteiger partial charge in [-0.05, 0) is 42.0 Å². The fourth-order valence-electron chi connectivity index (χ4n) is 1.61. The second-order valence-electron chi connectivity index (χ2n) is 4.06. The van der Waals surface area contributed by atoms with E-state index in [-0.39, 0.29) is 5.56 Å². The highest BCUT2D eigenvalue weighted by molar-refractivity contribution is 9.10. The Morgan fingerprint density at radius 3 is 2.40 bits per heavy atom. The van der Waals surface area contributed by atoms with Gasteiger partial charge in [0.2, 0.25) is 0 Å². The molecule has 2 rings (SSSR count). The van der Waals surface area contributed by atoms with Crippen molar-refractivity contribution in [1.29, 1.82) is 0 Å². The first-order valence-corrected chi connectivity index (χ1v) is 8.12. The maximum atomic E-state index is 12.2. The molecule has 2 aromatic rings. The van der Waals surface area contributed by atoms with Crippen molar-refractivity contribution in [1.82, 2.24) is 0 Å². The van der Waals surface area contributed by atoms with E-state index in [9.17, 15) is 9.00 Å². The molecule has 6 heteroatoms. The Balaban J connectivity index is 2.17. The number of carbonyl (C=O) groups is 1. The predicted octanol–water partition coefficient (Wildman–Crippen LogP) is 4.11. The Kier molecular flexibility index (Phi) is 4.96. The molecule has 1 atom stereocenters. The molecular formula is C14H10BrClO3S. The molecule has 0 radical (unpaired) electrons. The van der Waals surface area contributed by atoms with Gasteiger partial charge in [-0.15, -0.1) is 0 Å². The van der Waals surface area contributed by atoms with Crippen molar-refractivity contribution >= 4 is 44.3 Å². The van der Waals surface area contributed by atoms with E-state index in [0.717, 1.165) is 10.0 Å². The van der Waals surface area contributed by atoms with Gasteiger partial charge in [-0.3, -0.25) is 4.21 Å². The molecule has 0 amide bonds. The van der Waals surface area contributed by atoms with Crippen LogP contribution in [0.2, 0.25) is 5.02 Å². The molecule has 0 fully saturated rings. The van der Waals surface area contributed by atoms with Crippen molar-refractivity contribution in [3.63, 3.8) is 0 Å². The lowest BCUT2D eigenvalue weighted by Crippen LogP contribution is -2.00. The van der Waals surface area contributed by atoms with Crippen molar-refractivity contribution in [2.24, 2.45) is 0 Å². The first-order valence-electron chi connectivity index (χ1n) is 5.63. The number of benzene rings is 2. The van der Waals surface area contributed by atoms with Crippen LogP contribution in [0.1, 0.15) is 15.9 Å². The minimum Gasteiger partial charge on any atom is -0.478 e. The van der Waals surface area contributed by atoms with Gasteiger partial charge in [0.15, 0.2) is 0 Å². The summed E-state index contributed by atoms with van der Waals surface area (Å²) in [6, 6.07) is 11.4. The van der Waals surface area contributed by atoms with Gasteiger partial charge in [0, 0.05) is 14.4 Å². The predicted molar refractivity (Wildman–Crippen MR) is 82.7 cm³/mol. The number of rotatable bonds is 4. The lowest BCUT2D eigenvalue weighted by molar-refractivity contribution is 0.0697. The Hall–Kier alpha value is -1.17. The fraction of sp³-hybridized carbons (Fsp3) is 0.0714. The molecule has 0 aliphatic heterocycles. The van der Waals surface area contributed by atoms with Gasteiger partial charge < -0.3 is 5.11 Å². The largest absolute Gasteiger partial charge is 0.478 e. The molecule has 0 saturated heterocycles. The minimum absolute atomic E-state index is 0.174. The Morgan fingerprint density at radius 2 is 1.85 bits per heavy atom. The lowest BCUT2D eigenvalue weighted by Gasteiger charge is -2.06. The zero-order chi connectivity index (χ0) is 14.7. The van der Waals surface area contributed by atoms with Crippen molar-refractivity contribution in [3.05, 3.63) is 63.1 Å². The van der Waals surface area contributed by atoms with Crippen LogP contribution in [0.5, 0.6) is 0 Å². The molecule has 2 aromatic carbocycles. The molecule has 0 saturated carbocycles. The summed E-state index contributed by atoms with van der Waals surface area (Å²) in [6.45, 7) is 0. The zero-order valence-corrected chi connectivity index (χ0v) is 13.3. The monoisotopic (exact) mass is 372 g/mol. The highest BCUT2D eigenvalue weighted by Crippen LogP contribution is 2.24. The van der Waals surface area contributed by atoms with Crippen LogP contribution < -0.4 is 0 Å². The highest BCUT2D eigenvalue weighted by Gasteiger charge is 2.10. The Bertz CT molecular complexity index is 671. The molecule has 0 aromatic heterocycles. The molecule has 0 aliphatic carbocycles. The average Bonchev–Trinajstić information content (AvgIpc) is 2.42. The topological polar surface area (TPSA) is 54.4 Å². The van der Waals surface area contributed by atoms with Gasteiger partial charge in [-0.2, -0.15) is 0 Å². The quantitative estimate of drug-likeness (QED) is 0.877. The van der Waals surface area contributed by atoms with E-state index in [4.69, 9.17) is 16.7 Å². The molecule has 0 heterocycles. The summed E-state index contributed by atoms with van der Waals surface area (Å²) in [5.74, 6) is -0.711. The van der Waals surface area contributed by atoms with Crippen LogP contribution in [-0.2, 0) is 16.6 Å². The van der Waals surface area contributed by atoms with Crippen molar-refractivity contribution in [3.8, 4) is 0 Å². The van der Waals surface area contributed by atoms with Gasteiger partial charge in [-0.1, -0.05) is 33.6 Å². The molecular weight excluding hydrogens is 364 g/mol. The summed E-state index contributed by atoms with van der Waals surface area (Å²) < 4.78 is 13.1. The van der Waals surface area contributed by atoms with Gasteiger partial charge >= 0.3 is 5.97 Å². The van der Waals surface area contributed by atoms with Gasteiger partial charge in [0.1, 0.15) is 0 Å². The molecule has 1 N–H and O–H groups in total. The van der Waals surface area contributed by atoms with Crippen LogP contribution in [0.15, 0.2) is 51.8 Å². The van der Waals surface area contributed by atoms with E-state index in [1.807, 2.05) is 12.1 Å². The minimum atomic E-state index is -1.27. The van der Waals surface area contributed by atoms with E-state index in [1.54, 1.807) is 18.2 Å². The number of carboxylic acids is 1. The second-order valence-corrected chi connectivity index (χ2v) is 6.83. The zero-order valence-electron chi connectivity index (χ0n) is 10.2. The highest BCUT2D eigenvalue weighted by atomic mass is 79.9. The van der Waals surface area contributed by atoms with E-state index >= 15 is 0 Å². The van der Waals surface area contributed by atoms with Crippen LogP contribution in [0.25, 0.3) is 0 Å². The first-order chi connectivity index (χ1) is 9.47. The number of hydrogen-bond donors (Lipinski definition) is 1. The fourth-order valence-corrected chi connectivity index (χ4v) is 3.57. The van der Waals surface area contributed by atoms with Crippen molar-refractivity contribution < 1.29 is 14.1 Å². The standard InChI is InChI=1S/C14H10BrClO3S/c15-11-4-1-10(13(16)7-11)8-20(19)12-5-2-9(3-6-12)14(17)18/h1-7H,8H2,(H,17,18). The lowest BCUT2D eigenvalue weighted by atomic mass is 10.2. The molecule has 3 nitrogen and oxygen atoms in total. The number of halogens is 2. The normalized spacial score (nSPS) is 12.1. The van der Waals surface area contributed by atoms with Gasteiger partial charge in [0.05, 0.1) is 22.1 Å².